The van der Waals surface area contributed by atoms with E-state index in [-0.39, 0.29) is 37.3 Å². The van der Waals surface area contributed by atoms with Gasteiger partial charge in [-0.05, 0) is 74.8 Å². The molecule has 288 valence electrons. The second kappa shape index (κ2) is 14.1. The van der Waals surface area contributed by atoms with Crippen molar-refractivity contribution in [2.75, 3.05) is 25.0 Å². The average molecular weight is 764 g/mol. The minimum absolute atomic E-state index is 0.110. The van der Waals surface area contributed by atoms with Crippen LogP contribution in [0, 0.1) is 5.92 Å². The fourth-order valence-electron chi connectivity index (χ4n) is 8.51. The van der Waals surface area contributed by atoms with Gasteiger partial charge in [0.25, 0.3) is 11.8 Å². The van der Waals surface area contributed by atoms with Crippen molar-refractivity contribution in [3.8, 4) is 0 Å². The molecule has 2 atom stereocenters. The molecule has 3 amide bonds. The molecule has 3 fully saturated rings. The van der Waals surface area contributed by atoms with Gasteiger partial charge in [0.15, 0.2) is 5.69 Å². The molecule has 0 bridgehead atoms. The predicted molar refractivity (Wildman–Crippen MR) is 190 cm³/mol. The highest BCUT2D eigenvalue weighted by Crippen LogP contribution is 2.45. The van der Waals surface area contributed by atoms with E-state index >= 15 is 8.78 Å². The van der Waals surface area contributed by atoms with Crippen LogP contribution in [0.4, 0.5) is 27.6 Å². The number of benzene rings is 2. The van der Waals surface area contributed by atoms with E-state index in [1.54, 1.807) is 48.1 Å². The Balaban J connectivity index is 0.878. The molecule has 2 saturated heterocycles. The van der Waals surface area contributed by atoms with Crippen LogP contribution in [-0.4, -0.2) is 77.7 Å². The van der Waals surface area contributed by atoms with Crippen molar-refractivity contribution >= 4 is 45.2 Å². The van der Waals surface area contributed by atoms with Crippen molar-refractivity contribution in [3.05, 3.63) is 77.6 Å². The van der Waals surface area contributed by atoms with Crippen molar-refractivity contribution in [1.29, 1.82) is 0 Å². The Morgan fingerprint density at radius 2 is 1.82 bits per heavy atom. The smallest absolute Gasteiger partial charge is 0.321 e. The Morgan fingerprint density at radius 1 is 1.02 bits per heavy atom. The van der Waals surface area contributed by atoms with E-state index < -0.39 is 47.1 Å². The largest absolute Gasteiger partial charge is 0.434 e. The second-order valence-electron chi connectivity index (χ2n) is 14.9. The first kappa shape index (κ1) is 36.6. The first-order chi connectivity index (χ1) is 26.2. The summed E-state index contributed by atoms with van der Waals surface area (Å²) in [5.41, 5.74) is 0.963. The van der Waals surface area contributed by atoms with Gasteiger partial charge in [-0.3, -0.25) is 38.9 Å². The van der Waals surface area contributed by atoms with Gasteiger partial charge in [0.2, 0.25) is 11.8 Å². The zero-order chi connectivity index (χ0) is 38.6. The summed E-state index contributed by atoms with van der Waals surface area (Å²) in [4.78, 5) is 45.7. The number of halogens is 5. The van der Waals surface area contributed by atoms with Crippen LogP contribution in [0.15, 0.2) is 55.0 Å². The lowest BCUT2D eigenvalue weighted by molar-refractivity contribution is -0.141. The normalized spacial score (nSPS) is 23.6. The zero-order valence-electron chi connectivity index (χ0n) is 29.8. The van der Waals surface area contributed by atoms with E-state index in [4.69, 9.17) is 5.10 Å². The van der Waals surface area contributed by atoms with Crippen molar-refractivity contribution < 1.29 is 36.3 Å². The number of fused-ring (bicyclic) bond motifs is 2. The Bertz CT molecular complexity index is 2300. The Labute approximate surface area is 311 Å². The number of carbonyl (C=O) groups excluding carboxylic acids is 3. The minimum atomic E-state index is -4.73. The van der Waals surface area contributed by atoms with Crippen LogP contribution in [-0.2, 0) is 22.8 Å². The quantitative estimate of drug-likeness (QED) is 0.144. The molecule has 5 heterocycles. The van der Waals surface area contributed by atoms with Crippen molar-refractivity contribution in [2.24, 2.45) is 13.0 Å². The lowest BCUT2D eigenvalue weighted by Gasteiger charge is -2.41. The van der Waals surface area contributed by atoms with Gasteiger partial charge >= 0.3 is 6.18 Å². The first-order valence-electron chi connectivity index (χ1n) is 18.3. The number of imide groups is 1. The van der Waals surface area contributed by atoms with Crippen LogP contribution in [0.2, 0.25) is 0 Å². The number of para-hydroxylation sites is 1. The van der Waals surface area contributed by atoms with Crippen LogP contribution < -0.4 is 10.6 Å². The number of nitrogens with zero attached hydrogens (tertiary/aromatic N) is 7. The molecule has 8 rings (SSSR count). The molecule has 12 nitrogen and oxygen atoms in total. The zero-order valence-corrected chi connectivity index (χ0v) is 29.8. The highest BCUT2D eigenvalue weighted by Gasteiger charge is 2.47. The number of aryl methyl sites for hydroxylation is 1. The molecular weight excluding hydrogens is 725 g/mol. The van der Waals surface area contributed by atoms with E-state index in [2.05, 4.69) is 25.7 Å². The second-order valence-corrected chi connectivity index (χ2v) is 14.9. The van der Waals surface area contributed by atoms with Crippen molar-refractivity contribution in [2.45, 2.75) is 74.9 Å². The molecule has 17 heteroatoms. The number of likely N-dealkylation sites (tertiary alicyclic amines) is 1. The van der Waals surface area contributed by atoms with Gasteiger partial charge in [-0.2, -0.15) is 23.4 Å². The molecule has 3 aliphatic rings. The number of rotatable bonds is 7. The molecule has 1 saturated carbocycles. The molecule has 5 aromatic rings. The Kier molecular flexibility index (Phi) is 9.38. The fraction of sp³-hybridized carbons (Fsp3) is 0.447. The molecule has 0 radical (unpaired) electrons. The van der Waals surface area contributed by atoms with Crippen LogP contribution >= 0.6 is 0 Å². The maximum absolute atomic E-state index is 16.1. The van der Waals surface area contributed by atoms with Gasteiger partial charge in [0, 0.05) is 42.7 Å². The summed E-state index contributed by atoms with van der Waals surface area (Å²) in [6.07, 6.45) is 2.82. The topological polar surface area (TPSA) is 140 Å². The van der Waals surface area contributed by atoms with Crippen molar-refractivity contribution in [3.63, 3.8) is 0 Å². The molecule has 2 N–H and O–H groups in total. The number of amides is 3. The Hall–Kier alpha value is -5.32. The minimum Gasteiger partial charge on any atom is -0.321 e. The van der Waals surface area contributed by atoms with Gasteiger partial charge in [0.05, 0.1) is 53.5 Å². The molecule has 2 aromatic carbocycles. The number of nitrogens with one attached hydrogen (secondary N) is 2. The number of anilines is 1. The van der Waals surface area contributed by atoms with Crippen LogP contribution in [0.5, 0.6) is 0 Å². The molecule has 2 aliphatic heterocycles. The first-order valence-corrected chi connectivity index (χ1v) is 18.3. The third-order valence-electron chi connectivity index (χ3n) is 11.2. The monoisotopic (exact) mass is 763 g/mol. The standard InChI is InChI=1S/C38H38F5N9O3/c1-50-34-25(3-2-4-26(34)33(49-50)27-10-12-32(53)47-35(27)54)28-13-14-51(20-37(28,39)40)18-21-5-8-24(9-6-21)52-19-22-15-23(7-11-29(22)48-52)45-36(55)30-16-44-17-31(46-30)38(41,42)43/h2-4,7,11,15-17,19,21,24,27-28H,5-6,8-10,12-14,18,20H2,1H3,(H,45,55)(H,47,53,54)/t21?,24?,27?,28-/m1/s1. The number of hydrogen-bond donors (Lipinski definition) is 2. The van der Waals surface area contributed by atoms with E-state index in [0.717, 1.165) is 37.3 Å². The summed E-state index contributed by atoms with van der Waals surface area (Å²) < 4.78 is 74.7. The van der Waals surface area contributed by atoms with E-state index in [1.807, 2.05) is 15.8 Å². The van der Waals surface area contributed by atoms with Gasteiger partial charge in [-0.1, -0.05) is 18.2 Å². The fourth-order valence-corrected chi connectivity index (χ4v) is 8.51. The number of aromatic nitrogens is 6. The van der Waals surface area contributed by atoms with Gasteiger partial charge in [-0.25, -0.2) is 13.8 Å². The van der Waals surface area contributed by atoms with Gasteiger partial charge in [-0.15, -0.1) is 0 Å². The summed E-state index contributed by atoms with van der Waals surface area (Å²) in [5, 5.41) is 15.7. The highest BCUT2D eigenvalue weighted by molar-refractivity contribution is 6.04. The highest BCUT2D eigenvalue weighted by atomic mass is 19.4. The lowest BCUT2D eigenvalue weighted by atomic mass is 9.82. The van der Waals surface area contributed by atoms with E-state index in [0.29, 0.717) is 59.1 Å². The number of hydrogen-bond acceptors (Lipinski definition) is 8. The maximum atomic E-state index is 16.1. The summed E-state index contributed by atoms with van der Waals surface area (Å²) in [6.45, 7) is 0.749. The molecule has 1 aliphatic carbocycles. The molecule has 55 heavy (non-hydrogen) atoms. The molecular formula is C38H38F5N9O3. The molecule has 0 spiro atoms. The predicted octanol–water partition coefficient (Wildman–Crippen LogP) is 6.36. The number of piperidine rings is 2. The summed E-state index contributed by atoms with van der Waals surface area (Å²) in [6, 6.07) is 10.4. The third-order valence-corrected chi connectivity index (χ3v) is 11.2. The molecule has 1 unspecified atom stereocenters. The summed E-state index contributed by atoms with van der Waals surface area (Å²) in [5.74, 6) is -5.92. The van der Waals surface area contributed by atoms with Gasteiger partial charge in [0.1, 0.15) is 5.69 Å². The van der Waals surface area contributed by atoms with Crippen molar-refractivity contribution in [1.82, 2.24) is 39.7 Å². The molecule has 3 aromatic heterocycles. The van der Waals surface area contributed by atoms with Crippen LogP contribution in [0.25, 0.3) is 21.8 Å². The van der Waals surface area contributed by atoms with E-state index in [9.17, 15) is 27.6 Å². The summed E-state index contributed by atoms with van der Waals surface area (Å²) in [7, 11) is 1.71. The third kappa shape index (κ3) is 7.28. The lowest BCUT2D eigenvalue weighted by Crippen LogP contribution is -2.49. The average Bonchev–Trinajstić information content (AvgIpc) is 3.72. The van der Waals surface area contributed by atoms with Crippen LogP contribution in [0.3, 0.4) is 0 Å². The summed E-state index contributed by atoms with van der Waals surface area (Å²) >= 11 is 0. The number of alkyl halides is 5. The SMILES string of the molecule is Cn1nc(C2CCC(=O)NC2=O)c2cccc([C@H]3CCN(CC4CCC(n5cc6cc(NC(=O)c7cncc(C(F)(F)F)n7)ccc6n5)CC4)CC3(F)F)c21. The van der Waals surface area contributed by atoms with Gasteiger partial charge < -0.3 is 5.32 Å². The van der Waals surface area contributed by atoms with E-state index in [1.165, 1.54) is 0 Å². The maximum Gasteiger partial charge on any atom is 0.434 e. The van der Waals surface area contributed by atoms with Crippen LogP contribution in [0.1, 0.15) is 90.3 Å². The Morgan fingerprint density at radius 3 is 2.56 bits per heavy atom. The number of carbonyl (C=O) groups is 3.